The van der Waals surface area contributed by atoms with E-state index in [1.165, 1.54) is 24.3 Å². The van der Waals surface area contributed by atoms with Crippen LogP contribution in [-0.4, -0.2) is 44.4 Å². The van der Waals surface area contributed by atoms with E-state index in [0.29, 0.717) is 5.56 Å². The molecule has 0 fully saturated rings. The Morgan fingerprint density at radius 1 is 1.14 bits per heavy atom. The second kappa shape index (κ2) is 6.94. The number of phenolic OH excluding ortho intramolecular Hbond substituents is 2. The summed E-state index contributed by atoms with van der Waals surface area (Å²) in [5.41, 5.74) is 0.354. The van der Waals surface area contributed by atoms with Crippen LogP contribution in [0.3, 0.4) is 0 Å². The van der Waals surface area contributed by atoms with Gasteiger partial charge in [0.2, 0.25) is 6.10 Å². The number of aromatic hydroxyl groups is 2. The van der Waals surface area contributed by atoms with E-state index in [0.717, 1.165) is 6.08 Å². The first kappa shape index (κ1) is 16.0. The van der Waals surface area contributed by atoms with Crippen LogP contribution >= 0.6 is 0 Å². The maximum Gasteiger partial charge on any atom is 0.345 e. The molecule has 21 heavy (non-hydrogen) atoms. The molecule has 1 rings (SSSR count). The molecule has 0 saturated heterocycles. The number of carboxylic acid groups (broad SMARTS) is 2. The van der Waals surface area contributed by atoms with Crippen molar-refractivity contribution in [1.29, 1.82) is 0 Å². The maximum absolute atomic E-state index is 11.4. The van der Waals surface area contributed by atoms with Gasteiger partial charge in [-0.2, -0.15) is 0 Å². The zero-order valence-electron chi connectivity index (χ0n) is 10.6. The lowest BCUT2D eigenvalue weighted by Gasteiger charge is -2.09. The average Bonchev–Trinajstić information content (AvgIpc) is 2.38. The van der Waals surface area contributed by atoms with Crippen molar-refractivity contribution >= 4 is 24.0 Å². The van der Waals surface area contributed by atoms with Crippen molar-refractivity contribution in [3.05, 3.63) is 29.8 Å². The van der Waals surface area contributed by atoms with E-state index in [-0.39, 0.29) is 11.5 Å². The molecule has 8 nitrogen and oxygen atoms in total. The topological polar surface area (TPSA) is 141 Å². The number of hydrogen-bond donors (Lipinski definition) is 4. The third kappa shape index (κ3) is 5.23. The molecule has 0 bridgehead atoms. The minimum absolute atomic E-state index is 0.331. The van der Waals surface area contributed by atoms with Gasteiger partial charge in [-0.15, -0.1) is 0 Å². The number of benzene rings is 1. The van der Waals surface area contributed by atoms with Crippen molar-refractivity contribution in [2.45, 2.75) is 12.5 Å². The zero-order valence-corrected chi connectivity index (χ0v) is 10.6. The molecule has 1 unspecified atom stereocenters. The summed E-state index contributed by atoms with van der Waals surface area (Å²) in [5.74, 6) is -4.75. The highest BCUT2D eigenvalue weighted by molar-refractivity contribution is 5.90. The molecule has 0 spiro atoms. The van der Waals surface area contributed by atoms with E-state index in [1.807, 2.05) is 0 Å². The van der Waals surface area contributed by atoms with Crippen LogP contribution < -0.4 is 0 Å². The van der Waals surface area contributed by atoms with Gasteiger partial charge in [0.25, 0.3) is 0 Å². The minimum Gasteiger partial charge on any atom is -0.504 e. The molecule has 0 saturated carbocycles. The Balaban J connectivity index is 2.70. The summed E-state index contributed by atoms with van der Waals surface area (Å²) in [7, 11) is 0. The molecule has 0 aliphatic rings. The second-order valence-corrected chi connectivity index (χ2v) is 3.94. The fraction of sp³-hybridized carbons (Fsp3) is 0.154. The van der Waals surface area contributed by atoms with Crippen molar-refractivity contribution in [1.82, 2.24) is 0 Å². The van der Waals surface area contributed by atoms with Crippen LogP contribution in [0.4, 0.5) is 0 Å². The van der Waals surface area contributed by atoms with Crippen molar-refractivity contribution in [3.8, 4) is 11.5 Å². The first-order valence-corrected chi connectivity index (χ1v) is 5.65. The van der Waals surface area contributed by atoms with E-state index in [9.17, 15) is 19.5 Å². The molecule has 0 aliphatic carbocycles. The van der Waals surface area contributed by atoms with E-state index in [1.54, 1.807) is 0 Å². The SMILES string of the molecule is O=C(O)CC(OC(=O)/C=C/c1ccc(O)c(O)c1)C(=O)O. The van der Waals surface area contributed by atoms with E-state index < -0.39 is 30.4 Å². The van der Waals surface area contributed by atoms with Gasteiger partial charge < -0.3 is 25.2 Å². The molecule has 1 aromatic carbocycles. The summed E-state index contributed by atoms with van der Waals surface area (Å²) >= 11 is 0. The fourth-order valence-corrected chi connectivity index (χ4v) is 1.33. The van der Waals surface area contributed by atoms with E-state index in [4.69, 9.17) is 15.3 Å². The largest absolute Gasteiger partial charge is 0.504 e. The van der Waals surface area contributed by atoms with Gasteiger partial charge in [-0.05, 0) is 23.8 Å². The quantitative estimate of drug-likeness (QED) is 0.339. The third-order valence-corrected chi connectivity index (χ3v) is 2.31. The molecule has 1 aromatic rings. The Morgan fingerprint density at radius 2 is 1.81 bits per heavy atom. The summed E-state index contributed by atoms with van der Waals surface area (Å²) in [4.78, 5) is 32.5. The van der Waals surface area contributed by atoms with Gasteiger partial charge in [0.05, 0.1) is 6.42 Å². The Kier molecular flexibility index (Phi) is 5.30. The molecule has 0 aromatic heterocycles. The lowest BCUT2D eigenvalue weighted by molar-refractivity contribution is -0.164. The summed E-state index contributed by atoms with van der Waals surface area (Å²) in [6.07, 6.45) is -0.549. The normalized spacial score (nSPS) is 12.0. The Hall–Kier alpha value is -3.03. The summed E-state index contributed by atoms with van der Waals surface area (Å²) in [5, 5.41) is 35.5. The lowest BCUT2D eigenvalue weighted by Crippen LogP contribution is -2.28. The predicted octanol–water partition coefficient (Wildman–Crippen LogP) is 0.582. The molecule has 0 amide bonds. The Bertz CT molecular complexity index is 590. The van der Waals surface area contributed by atoms with E-state index >= 15 is 0 Å². The zero-order chi connectivity index (χ0) is 16.0. The number of carbonyl (C=O) groups excluding carboxylic acids is 1. The van der Waals surface area contributed by atoms with Crippen molar-refractivity contribution in [2.75, 3.05) is 0 Å². The third-order valence-electron chi connectivity index (χ3n) is 2.31. The molecule has 4 N–H and O–H groups in total. The van der Waals surface area contributed by atoms with Crippen LogP contribution in [-0.2, 0) is 19.1 Å². The monoisotopic (exact) mass is 296 g/mol. The molecule has 112 valence electrons. The van der Waals surface area contributed by atoms with Crippen molar-refractivity contribution in [2.24, 2.45) is 0 Å². The van der Waals surface area contributed by atoms with Gasteiger partial charge in [0.15, 0.2) is 11.5 Å². The van der Waals surface area contributed by atoms with Gasteiger partial charge in [-0.3, -0.25) is 4.79 Å². The van der Waals surface area contributed by atoms with Crippen LogP contribution in [0.5, 0.6) is 11.5 Å². The number of hydrogen-bond acceptors (Lipinski definition) is 6. The summed E-state index contributed by atoms with van der Waals surface area (Å²) < 4.78 is 4.48. The van der Waals surface area contributed by atoms with Crippen LogP contribution in [0.2, 0.25) is 0 Å². The molecule has 0 aliphatic heterocycles. The second-order valence-electron chi connectivity index (χ2n) is 3.94. The Morgan fingerprint density at radius 3 is 2.33 bits per heavy atom. The van der Waals surface area contributed by atoms with Gasteiger partial charge in [0.1, 0.15) is 0 Å². The number of esters is 1. The van der Waals surface area contributed by atoms with Crippen LogP contribution in [0.15, 0.2) is 24.3 Å². The Labute approximate surface area is 118 Å². The molecule has 0 heterocycles. The summed E-state index contributed by atoms with van der Waals surface area (Å²) in [6, 6.07) is 3.76. The standard InChI is InChI=1S/C13H12O8/c14-8-3-1-7(5-9(8)15)2-4-12(18)21-10(13(19)20)6-11(16)17/h1-5,10,14-15H,6H2,(H,16,17)(H,19,20)/b4-2+. The average molecular weight is 296 g/mol. The first-order valence-electron chi connectivity index (χ1n) is 5.65. The maximum atomic E-state index is 11.4. The number of phenols is 2. The van der Waals surface area contributed by atoms with Crippen LogP contribution in [0, 0.1) is 0 Å². The number of carboxylic acids is 2. The minimum atomic E-state index is -1.78. The summed E-state index contributed by atoms with van der Waals surface area (Å²) in [6.45, 7) is 0. The number of ether oxygens (including phenoxy) is 1. The number of aliphatic carboxylic acids is 2. The number of rotatable bonds is 6. The highest BCUT2D eigenvalue weighted by atomic mass is 16.6. The van der Waals surface area contributed by atoms with Gasteiger partial charge >= 0.3 is 17.9 Å². The van der Waals surface area contributed by atoms with Crippen molar-refractivity contribution in [3.63, 3.8) is 0 Å². The first-order chi connectivity index (χ1) is 9.79. The molecular weight excluding hydrogens is 284 g/mol. The molecule has 1 atom stereocenters. The predicted molar refractivity (Wildman–Crippen MR) is 68.6 cm³/mol. The van der Waals surface area contributed by atoms with Gasteiger partial charge in [-0.1, -0.05) is 6.07 Å². The number of carbonyl (C=O) groups is 3. The highest BCUT2D eigenvalue weighted by Crippen LogP contribution is 2.25. The van der Waals surface area contributed by atoms with Crippen molar-refractivity contribution < 1.29 is 39.5 Å². The molecular formula is C13H12O8. The van der Waals surface area contributed by atoms with E-state index in [2.05, 4.69) is 4.74 Å². The van der Waals surface area contributed by atoms with Gasteiger partial charge in [-0.25, -0.2) is 9.59 Å². The highest BCUT2D eigenvalue weighted by Gasteiger charge is 2.24. The lowest BCUT2D eigenvalue weighted by atomic mass is 10.2. The fourth-order valence-electron chi connectivity index (χ4n) is 1.33. The smallest absolute Gasteiger partial charge is 0.345 e. The van der Waals surface area contributed by atoms with Gasteiger partial charge in [0, 0.05) is 6.08 Å². The molecule has 0 radical (unpaired) electrons. The van der Waals surface area contributed by atoms with Crippen LogP contribution in [0.25, 0.3) is 6.08 Å². The molecule has 8 heteroatoms. The van der Waals surface area contributed by atoms with Crippen LogP contribution in [0.1, 0.15) is 12.0 Å².